The van der Waals surface area contributed by atoms with Crippen LogP contribution in [0.1, 0.15) is 35.7 Å². The molecule has 0 atom stereocenters. The fourth-order valence-electron chi connectivity index (χ4n) is 1.85. The number of halogens is 1. The Morgan fingerprint density at radius 2 is 2.19 bits per heavy atom. The molecule has 0 N–H and O–H groups in total. The molecule has 1 saturated carbocycles. The summed E-state index contributed by atoms with van der Waals surface area (Å²) in [5.74, 6) is -0.360. The lowest BCUT2D eigenvalue weighted by Crippen LogP contribution is -2.32. The second-order valence-corrected chi connectivity index (χ2v) is 4.29. The summed E-state index contributed by atoms with van der Waals surface area (Å²) in [5, 5.41) is 0. The molecule has 0 aliphatic heterocycles. The molecule has 0 aromatic heterocycles. The molecular weight excluding hydrogens is 205 g/mol. The summed E-state index contributed by atoms with van der Waals surface area (Å²) in [6.07, 6.45) is 2.15. The topological polar surface area (TPSA) is 20.3 Å². The van der Waals surface area contributed by atoms with Crippen LogP contribution >= 0.6 is 0 Å². The summed E-state index contributed by atoms with van der Waals surface area (Å²) >= 11 is 0. The fourth-order valence-corrected chi connectivity index (χ4v) is 1.85. The smallest absolute Gasteiger partial charge is 0.254 e. The van der Waals surface area contributed by atoms with Gasteiger partial charge in [0.05, 0.1) is 0 Å². The molecule has 0 bridgehead atoms. The van der Waals surface area contributed by atoms with Gasteiger partial charge in [-0.15, -0.1) is 0 Å². The first-order valence-corrected chi connectivity index (χ1v) is 5.70. The molecule has 0 radical (unpaired) electrons. The SMILES string of the molecule is CCN(C(=O)c1ccc(C)c(F)c1)C1CC1. The highest BCUT2D eigenvalue weighted by atomic mass is 19.1. The molecule has 1 aliphatic rings. The summed E-state index contributed by atoms with van der Waals surface area (Å²) in [6.45, 7) is 4.35. The van der Waals surface area contributed by atoms with Crippen molar-refractivity contribution < 1.29 is 9.18 Å². The Morgan fingerprint density at radius 3 is 2.69 bits per heavy atom. The first kappa shape index (κ1) is 11.1. The molecule has 2 nitrogen and oxygen atoms in total. The quantitative estimate of drug-likeness (QED) is 0.768. The third-order valence-electron chi connectivity index (χ3n) is 3.01. The Labute approximate surface area is 95.1 Å². The molecule has 1 fully saturated rings. The molecule has 3 heteroatoms. The van der Waals surface area contributed by atoms with Crippen molar-refractivity contribution in [2.24, 2.45) is 0 Å². The van der Waals surface area contributed by atoms with Gasteiger partial charge in [-0.25, -0.2) is 4.39 Å². The fraction of sp³-hybridized carbons (Fsp3) is 0.462. The van der Waals surface area contributed by atoms with Crippen molar-refractivity contribution in [2.75, 3.05) is 6.54 Å². The Morgan fingerprint density at radius 1 is 1.50 bits per heavy atom. The van der Waals surface area contributed by atoms with Gasteiger partial charge in [0, 0.05) is 18.2 Å². The molecule has 86 valence electrons. The van der Waals surface area contributed by atoms with E-state index in [0.717, 1.165) is 12.8 Å². The number of carbonyl (C=O) groups excluding carboxylic acids is 1. The van der Waals surface area contributed by atoms with Gasteiger partial charge in [-0.2, -0.15) is 0 Å². The van der Waals surface area contributed by atoms with Crippen LogP contribution in [0.5, 0.6) is 0 Å². The van der Waals surface area contributed by atoms with Gasteiger partial charge in [0.25, 0.3) is 5.91 Å². The van der Waals surface area contributed by atoms with E-state index in [9.17, 15) is 9.18 Å². The van der Waals surface area contributed by atoms with Crippen LogP contribution in [-0.2, 0) is 0 Å². The third-order valence-corrected chi connectivity index (χ3v) is 3.01. The van der Waals surface area contributed by atoms with Gasteiger partial charge in [0.15, 0.2) is 0 Å². The van der Waals surface area contributed by atoms with Crippen molar-refractivity contribution in [3.05, 3.63) is 35.1 Å². The van der Waals surface area contributed by atoms with E-state index in [4.69, 9.17) is 0 Å². The summed E-state index contributed by atoms with van der Waals surface area (Å²) in [7, 11) is 0. The molecule has 2 rings (SSSR count). The first-order valence-electron chi connectivity index (χ1n) is 5.70. The van der Waals surface area contributed by atoms with Crippen molar-refractivity contribution in [2.45, 2.75) is 32.7 Å². The van der Waals surface area contributed by atoms with Gasteiger partial charge < -0.3 is 4.90 Å². The third kappa shape index (κ3) is 2.08. The number of carbonyl (C=O) groups is 1. The Bertz CT molecular complexity index is 412. The summed E-state index contributed by atoms with van der Waals surface area (Å²) in [4.78, 5) is 13.9. The van der Waals surface area contributed by atoms with E-state index in [2.05, 4.69) is 0 Å². The lowest BCUT2D eigenvalue weighted by molar-refractivity contribution is 0.0752. The van der Waals surface area contributed by atoms with Crippen LogP contribution in [0.3, 0.4) is 0 Å². The largest absolute Gasteiger partial charge is 0.336 e. The van der Waals surface area contributed by atoms with E-state index >= 15 is 0 Å². The predicted molar refractivity (Wildman–Crippen MR) is 60.9 cm³/mol. The molecule has 1 amide bonds. The highest BCUT2D eigenvalue weighted by molar-refractivity contribution is 5.94. The maximum Gasteiger partial charge on any atom is 0.254 e. The predicted octanol–water partition coefficient (Wildman–Crippen LogP) is 2.76. The van der Waals surface area contributed by atoms with Crippen molar-refractivity contribution in [1.82, 2.24) is 4.90 Å². The maximum absolute atomic E-state index is 13.4. The minimum atomic E-state index is -0.308. The van der Waals surface area contributed by atoms with Gasteiger partial charge in [-0.1, -0.05) is 6.07 Å². The minimum absolute atomic E-state index is 0.0519. The molecule has 1 aliphatic carbocycles. The van der Waals surface area contributed by atoms with Crippen LogP contribution in [0, 0.1) is 12.7 Å². The zero-order valence-electron chi connectivity index (χ0n) is 9.66. The van der Waals surface area contributed by atoms with Crippen LogP contribution in [0.4, 0.5) is 4.39 Å². The summed E-state index contributed by atoms with van der Waals surface area (Å²) in [5.41, 5.74) is 1.03. The number of hydrogen-bond donors (Lipinski definition) is 0. The Kier molecular flexibility index (Phi) is 2.95. The number of aryl methyl sites for hydroxylation is 1. The molecule has 0 heterocycles. The summed E-state index contributed by atoms with van der Waals surface area (Å²) in [6, 6.07) is 5.07. The molecular formula is C13H16FNO. The van der Waals surface area contributed by atoms with Gasteiger partial charge in [0.2, 0.25) is 0 Å². The lowest BCUT2D eigenvalue weighted by atomic mass is 10.1. The highest BCUT2D eigenvalue weighted by Gasteiger charge is 2.31. The zero-order valence-corrected chi connectivity index (χ0v) is 9.66. The summed E-state index contributed by atoms with van der Waals surface area (Å²) < 4.78 is 13.4. The van der Waals surface area contributed by atoms with Gasteiger partial charge in [-0.3, -0.25) is 4.79 Å². The minimum Gasteiger partial charge on any atom is -0.336 e. The van der Waals surface area contributed by atoms with Crippen molar-refractivity contribution in [3.63, 3.8) is 0 Å². The monoisotopic (exact) mass is 221 g/mol. The van der Waals surface area contributed by atoms with Crippen LogP contribution in [0.25, 0.3) is 0 Å². The highest BCUT2D eigenvalue weighted by Crippen LogP contribution is 2.28. The molecule has 16 heavy (non-hydrogen) atoms. The van der Waals surface area contributed by atoms with Crippen LogP contribution < -0.4 is 0 Å². The normalized spacial score (nSPS) is 14.9. The number of rotatable bonds is 3. The molecule has 1 aromatic carbocycles. The van der Waals surface area contributed by atoms with E-state index in [1.54, 1.807) is 19.1 Å². The van der Waals surface area contributed by atoms with Crippen LogP contribution in [0.15, 0.2) is 18.2 Å². The average molecular weight is 221 g/mol. The van der Waals surface area contributed by atoms with Gasteiger partial charge in [-0.05, 0) is 44.4 Å². The second-order valence-electron chi connectivity index (χ2n) is 4.29. The van der Waals surface area contributed by atoms with E-state index < -0.39 is 0 Å². The standard InChI is InChI=1S/C13H16FNO/c1-3-15(11-6-7-11)13(16)10-5-4-9(2)12(14)8-10/h4-5,8,11H,3,6-7H2,1-2H3. The van der Waals surface area contributed by atoms with E-state index in [-0.39, 0.29) is 11.7 Å². The van der Waals surface area contributed by atoms with Crippen LogP contribution in [-0.4, -0.2) is 23.4 Å². The van der Waals surface area contributed by atoms with E-state index in [1.165, 1.54) is 6.07 Å². The number of amides is 1. The zero-order chi connectivity index (χ0) is 11.7. The first-order chi connectivity index (χ1) is 7.63. The second kappa shape index (κ2) is 4.24. The molecule has 1 aromatic rings. The van der Waals surface area contributed by atoms with Crippen molar-refractivity contribution in [1.29, 1.82) is 0 Å². The van der Waals surface area contributed by atoms with E-state index in [1.807, 2.05) is 11.8 Å². The number of hydrogen-bond acceptors (Lipinski definition) is 1. The lowest BCUT2D eigenvalue weighted by Gasteiger charge is -2.20. The molecule has 0 spiro atoms. The molecule has 0 unspecified atom stereocenters. The maximum atomic E-state index is 13.4. The Balaban J connectivity index is 2.22. The van der Waals surface area contributed by atoms with Crippen molar-refractivity contribution in [3.8, 4) is 0 Å². The number of nitrogens with zero attached hydrogens (tertiary/aromatic N) is 1. The van der Waals surface area contributed by atoms with E-state index in [0.29, 0.717) is 23.7 Å². The van der Waals surface area contributed by atoms with Gasteiger partial charge >= 0.3 is 0 Å². The average Bonchev–Trinajstić information content (AvgIpc) is 3.07. The number of benzene rings is 1. The van der Waals surface area contributed by atoms with Gasteiger partial charge in [0.1, 0.15) is 5.82 Å². The van der Waals surface area contributed by atoms with Crippen molar-refractivity contribution >= 4 is 5.91 Å². The van der Waals surface area contributed by atoms with Crippen LogP contribution in [0.2, 0.25) is 0 Å². The molecule has 0 saturated heterocycles. The Hall–Kier alpha value is -1.38.